The number of pyridine rings is 1. The summed E-state index contributed by atoms with van der Waals surface area (Å²) in [5, 5.41) is 9.78. The first-order chi connectivity index (χ1) is 9.89. The summed E-state index contributed by atoms with van der Waals surface area (Å²) >= 11 is 0. The number of aromatic nitrogens is 1. The van der Waals surface area contributed by atoms with Crippen molar-refractivity contribution in [3.63, 3.8) is 0 Å². The zero-order chi connectivity index (χ0) is 15.6. The summed E-state index contributed by atoms with van der Waals surface area (Å²) in [5.74, 6) is -2.08. The van der Waals surface area contributed by atoms with Crippen LogP contribution in [-0.2, 0) is 0 Å². The van der Waals surface area contributed by atoms with Gasteiger partial charge in [0.15, 0.2) is 11.5 Å². The molecule has 2 rings (SSSR count). The van der Waals surface area contributed by atoms with Crippen LogP contribution in [0.5, 0.6) is 0 Å². The summed E-state index contributed by atoms with van der Waals surface area (Å²) in [6, 6.07) is 0.652. The molecule has 6 heteroatoms. The molecule has 1 unspecified atom stereocenters. The third kappa shape index (κ3) is 3.05. The summed E-state index contributed by atoms with van der Waals surface area (Å²) < 4.78 is 26.7. The Labute approximate surface area is 122 Å². The second kappa shape index (κ2) is 6.05. The molecule has 21 heavy (non-hydrogen) atoms. The van der Waals surface area contributed by atoms with E-state index in [-0.39, 0.29) is 18.2 Å². The Hall–Kier alpha value is -1.56. The molecule has 1 saturated heterocycles. The van der Waals surface area contributed by atoms with E-state index in [9.17, 15) is 18.7 Å². The lowest BCUT2D eigenvalue weighted by atomic mass is 9.87. The molecular weight excluding hydrogens is 278 g/mol. The van der Waals surface area contributed by atoms with E-state index < -0.39 is 23.1 Å². The molecule has 1 aliphatic heterocycles. The molecule has 1 atom stereocenters. The molecule has 0 aliphatic carbocycles. The van der Waals surface area contributed by atoms with E-state index in [4.69, 9.17) is 0 Å². The molecule has 1 N–H and O–H groups in total. The maximum Gasteiger partial charge on any atom is 0.276 e. The van der Waals surface area contributed by atoms with Gasteiger partial charge in [-0.25, -0.2) is 13.8 Å². The lowest BCUT2D eigenvalue weighted by Gasteiger charge is -2.38. The van der Waals surface area contributed by atoms with Gasteiger partial charge in [-0.15, -0.1) is 0 Å². The monoisotopic (exact) mass is 298 g/mol. The van der Waals surface area contributed by atoms with Gasteiger partial charge in [0.05, 0.1) is 18.3 Å². The minimum Gasteiger partial charge on any atom is -0.394 e. The first-order valence-corrected chi connectivity index (χ1v) is 7.13. The highest BCUT2D eigenvalue weighted by molar-refractivity contribution is 5.93. The Kier molecular flexibility index (Phi) is 4.56. The predicted molar refractivity (Wildman–Crippen MR) is 73.7 cm³/mol. The molecule has 1 amide bonds. The Morgan fingerprint density at radius 1 is 1.52 bits per heavy atom. The molecule has 1 aromatic rings. The third-order valence-corrected chi connectivity index (χ3v) is 3.93. The number of aliphatic hydroxyl groups excluding tert-OH is 1. The van der Waals surface area contributed by atoms with Crippen LogP contribution in [0.1, 0.15) is 43.6 Å². The molecule has 1 aliphatic rings. The van der Waals surface area contributed by atoms with Gasteiger partial charge < -0.3 is 10.0 Å². The number of hydrogen-bond donors (Lipinski definition) is 1. The van der Waals surface area contributed by atoms with Crippen LogP contribution >= 0.6 is 0 Å². The van der Waals surface area contributed by atoms with Gasteiger partial charge in [0.25, 0.3) is 5.91 Å². The average Bonchev–Trinajstić information content (AvgIpc) is 2.81. The van der Waals surface area contributed by atoms with E-state index in [1.165, 1.54) is 4.90 Å². The first kappa shape index (κ1) is 15.8. The van der Waals surface area contributed by atoms with Gasteiger partial charge in [-0.2, -0.15) is 0 Å². The minimum atomic E-state index is -0.969. The highest BCUT2D eigenvalue weighted by Gasteiger charge is 2.44. The summed E-state index contributed by atoms with van der Waals surface area (Å²) in [6.45, 7) is 4.30. The van der Waals surface area contributed by atoms with Crippen molar-refractivity contribution >= 4 is 5.91 Å². The first-order valence-electron chi connectivity index (χ1n) is 7.13. The summed E-state index contributed by atoms with van der Waals surface area (Å²) in [6.07, 6.45) is 2.89. The lowest BCUT2D eigenvalue weighted by molar-refractivity contribution is 0.0323. The molecular formula is C15H20F2N2O2. The average molecular weight is 298 g/mol. The number of rotatable bonds is 4. The molecule has 0 spiro atoms. The second-order valence-corrected chi connectivity index (χ2v) is 6.02. The van der Waals surface area contributed by atoms with Crippen LogP contribution < -0.4 is 0 Å². The highest BCUT2D eigenvalue weighted by Crippen LogP contribution is 2.35. The van der Waals surface area contributed by atoms with E-state index in [1.807, 2.05) is 13.8 Å². The predicted octanol–water partition coefficient (Wildman–Crippen LogP) is 2.37. The topological polar surface area (TPSA) is 53.4 Å². The second-order valence-electron chi connectivity index (χ2n) is 6.02. The Bertz CT molecular complexity index is 536. The molecule has 0 radical (unpaired) electrons. The molecule has 1 aromatic heterocycles. The smallest absolute Gasteiger partial charge is 0.276 e. The van der Waals surface area contributed by atoms with Crippen molar-refractivity contribution < 1.29 is 18.7 Å². The van der Waals surface area contributed by atoms with Gasteiger partial charge in [-0.05, 0) is 25.2 Å². The number of likely N-dealkylation sites (tertiary alicyclic amines) is 1. The molecule has 116 valence electrons. The van der Waals surface area contributed by atoms with Crippen molar-refractivity contribution in [3.05, 3.63) is 29.6 Å². The number of nitrogens with zero attached hydrogens (tertiary/aromatic N) is 2. The number of carbonyl (C=O) groups is 1. The van der Waals surface area contributed by atoms with Crippen molar-refractivity contribution in [1.29, 1.82) is 0 Å². The third-order valence-electron chi connectivity index (χ3n) is 3.93. The van der Waals surface area contributed by atoms with Crippen LogP contribution in [0.15, 0.2) is 12.3 Å². The van der Waals surface area contributed by atoms with E-state index in [1.54, 1.807) is 0 Å². The standard InChI is InChI=1S/C15H20F2N2O2/c1-10(2)7-15(9-20)4-3-5-19(15)14(21)13-12(17)6-11(16)8-18-13/h6,8,10,20H,3-5,7,9H2,1-2H3. The zero-order valence-electron chi connectivity index (χ0n) is 12.3. The fraction of sp³-hybridized carbons (Fsp3) is 0.600. The molecule has 0 saturated carbocycles. The van der Waals surface area contributed by atoms with Gasteiger partial charge >= 0.3 is 0 Å². The zero-order valence-corrected chi connectivity index (χ0v) is 12.3. The molecule has 4 nitrogen and oxygen atoms in total. The molecule has 2 heterocycles. The van der Waals surface area contributed by atoms with Gasteiger partial charge in [0.2, 0.25) is 0 Å². The molecule has 0 aromatic carbocycles. The Balaban J connectivity index is 2.32. The van der Waals surface area contributed by atoms with Crippen molar-refractivity contribution in [2.75, 3.05) is 13.2 Å². The van der Waals surface area contributed by atoms with Crippen LogP contribution in [0.3, 0.4) is 0 Å². The van der Waals surface area contributed by atoms with Crippen LogP contribution in [0.2, 0.25) is 0 Å². The van der Waals surface area contributed by atoms with Crippen LogP contribution in [0.25, 0.3) is 0 Å². The highest BCUT2D eigenvalue weighted by atomic mass is 19.1. The number of amides is 1. The number of hydrogen-bond acceptors (Lipinski definition) is 3. The quantitative estimate of drug-likeness (QED) is 0.928. The number of halogens is 2. The maximum atomic E-state index is 13.8. The minimum absolute atomic E-state index is 0.167. The molecule has 0 bridgehead atoms. The number of carbonyl (C=O) groups excluding carboxylic acids is 1. The van der Waals surface area contributed by atoms with Crippen LogP contribution in [-0.4, -0.2) is 39.6 Å². The fourth-order valence-electron chi connectivity index (χ4n) is 3.16. The van der Waals surface area contributed by atoms with Crippen molar-refractivity contribution in [2.24, 2.45) is 5.92 Å². The van der Waals surface area contributed by atoms with Gasteiger partial charge in [0, 0.05) is 12.6 Å². The maximum absolute atomic E-state index is 13.8. The van der Waals surface area contributed by atoms with Crippen molar-refractivity contribution in [1.82, 2.24) is 9.88 Å². The SMILES string of the molecule is CC(C)CC1(CO)CCCN1C(=O)c1ncc(F)cc1F. The van der Waals surface area contributed by atoms with Gasteiger partial charge in [-0.1, -0.05) is 13.8 Å². The number of aliphatic hydroxyl groups is 1. The van der Waals surface area contributed by atoms with E-state index in [0.29, 0.717) is 25.5 Å². The van der Waals surface area contributed by atoms with E-state index in [2.05, 4.69) is 4.98 Å². The van der Waals surface area contributed by atoms with E-state index >= 15 is 0 Å². The van der Waals surface area contributed by atoms with Crippen molar-refractivity contribution in [3.8, 4) is 0 Å². The van der Waals surface area contributed by atoms with Crippen LogP contribution in [0.4, 0.5) is 8.78 Å². The summed E-state index contributed by atoms with van der Waals surface area (Å²) in [4.78, 5) is 17.6. The normalized spacial score (nSPS) is 22.1. The lowest BCUT2D eigenvalue weighted by Crippen LogP contribution is -2.51. The fourth-order valence-corrected chi connectivity index (χ4v) is 3.16. The summed E-state index contributed by atoms with van der Waals surface area (Å²) in [7, 11) is 0. The molecule has 1 fully saturated rings. The Morgan fingerprint density at radius 2 is 2.24 bits per heavy atom. The van der Waals surface area contributed by atoms with Crippen LogP contribution in [0, 0.1) is 17.6 Å². The van der Waals surface area contributed by atoms with Gasteiger partial charge in [-0.3, -0.25) is 4.79 Å². The Morgan fingerprint density at radius 3 is 2.81 bits per heavy atom. The van der Waals surface area contributed by atoms with Crippen molar-refractivity contribution in [2.45, 2.75) is 38.6 Å². The largest absolute Gasteiger partial charge is 0.394 e. The summed E-state index contributed by atoms with van der Waals surface area (Å²) in [5.41, 5.74) is -1.06. The van der Waals surface area contributed by atoms with E-state index in [0.717, 1.165) is 12.6 Å². The van der Waals surface area contributed by atoms with Gasteiger partial charge in [0.1, 0.15) is 5.82 Å².